The maximum absolute atomic E-state index is 13.6. The van der Waals surface area contributed by atoms with E-state index in [9.17, 15) is 29.4 Å². The molecular formula is C27H40ClN3O7. The van der Waals surface area contributed by atoms with Crippen molar-refractivity contribution in [1.82, 2.24) is 15.5 Å². The van der Waals surface area contributed by atoms with Crippen LogP contribution in [0.5, 0.6) is 0 Å². The van der Waals surface area contributed by atoms with E-state index in [4.69, 9.17) is 16.7 Å². The molecule has 0 spiro atoms. The highest BCUT2D eigenvalue weighted by Crippen LogP contribution is 2.27. The van der Waals surface area contributed by atoms with Gasteiger partial charge in [0.2, 0.25) is 17.7 Å². The van der Waals surface area contributed by atoms with Gasteiger partial charge in [-0.3, -0.25) is 19.2 Å². The molecule has 212 valence electrons. The number of rotatable bonds is 13. The van der Waals surface area contributed by atoms with Gasteiger partial charge in [-0.25, -0.2) is 0 Å². The molecule has 1 fully saturated rings. The molecule has 1 aromatic carbocycles. The Balaban J connectivity index is 2.05. The zero-order valence-corrected chi connectivity index (χ0v) is 23.0. The van der Waals surface area contributed by atoms with Gasteiger partial charge < -0.3 is 30.9 Å². The van der Waals surface area contributed by atoms with E-state index in [1.165, 1.54) is 4.90 Å². The van der Waals surface area contributed by atoms with Crippen LogP contribution in [-0.4, -0.2) is 75.2 Å². The van der Waals surface area contributed by atoms with Crippen LogP contribution in [0.25, 0.3) is 0 Å². The van der Waals surface area contributed by atoms with Crippen molar-refractivity contribution in [3.63, 3.8) is 0 Å². The second-order valence-corrected chi connectivity index (χ2v) is 11.3. The molecule has 4 atom stereocenters. The van der Waals surface area contributed by atoms with E-state index in [1.54, 1.807) is 24.3 Å². The van der Waals surface area contributed by atoms with Gasteiger partial charge in [0.25, 0.3) is 0 Å². The van der Waals surface area contributed by atoms with Gasteiger partial charge in [0, 0.05) is 30.8 Å². The molecule has 1 heterocycles. The van der Waals surface area contributed by atoms with Crippen LogP contribution < -0.4 is 10.6 Å². The number of amides is 3. The Kier molecular flexibility index (Phi) is 12.0. The Morgan fingerprint density at radius 2 is 1.63 bits per heavy atom. The van der Waals surface area contributed by atoms with Gasteiger partial charge in [-0.2, -0.15) is 0 Å². The monoisotopic (exact) mass is 553 g/mol. The Hall–Kier alpha value is -2.69. The lowest BCUT2D eigenvalue weighted by atomic mass is 9.85. The molecular weight excluding hydrogens is 514 g/mol. The molecule has 3 amide bonds. The summed E-state index contributed by atoms with van der Waals surface area (Å²) >= 11 is 5.93. The summed E-state index contributed by atoms with van der Waals surface area (Å²) in [5.74, 6) is -2.12. The number of carbonyl (C=O) groups is 4. The number of carboxylic acids is 1. The van der Waals surface area contributed by atoms with E-state index in [1.807, 2.05) is 20.8 Å². The van der Waals surface area contributed by atoms with Crippen LogP contribution in [0, 0.1) is 5.41 Å². The summed E-state index contributed by atoms with van der Waals surface area (Å²) in [6, 6.07) is 4.06. The number of halogens is 1. The molecule has 10 nitrogen and oxygen atoms in total. The lowest BCUT2D eigenvalue weighted by Gasteiger charge is -2.35. The van der Waals surface area contributed by atoms with Gasteiger partial charge in [0.15, 0.2) is 0 Å². The number of aliphatic hydroxyl groups excluding tert-OH is 2. The highest BCUT2D eigenvalue weighted by molar-refractivity contribution is 6.30. The quantitative estimate of drug-likeness (QED) is 0.235. The largest absolute Gasteiger partial charge is 0.481 e. The van der Waals surface area contributed by atoms with Crippen LogP contribution in [0.1, 0.15) is 77.3 Å². The van der Waals surface area contributed by atoms with E-state index < -0.39 is 47.4 Å². The van der Waals surface area contributed by atoms with Crippen molar-refractivity contribution in [3.8, 4) is 0 Å². The highest BCUT2D eigenvalue weighted by atomic mass is 35.5. The first-order valence-electron chi connectivity index (χ1n) is 13.0. The topological polar surface area (TPSA) is 156 Å². The fourth-order valence-electron chi connectivity index (χ4n) is 4.47. The Bertz CT molecular complexity index is 964. The van der Waals surface area contributed by atoms with Crippen LogP contribution in [0.15, 0.2) is 24.3 Å². The van der Waals surface area contributed by atoms with Gasteiger partial charge in [-0.05, 0) is 36.0 Å². The van der Waals surface area contributed by atoms with E-state index in [2.05, 4.69) is 10.6 Å². The van der Waals surface area contributed by atoms with Crippen molar-refractivity contribution in [1.29, 1.82) is 0 Å². The second kappa shape index (κ2) is 14.5. The van der Waals surface area contributed by atoms with Crippen LogP contribution in [0.4, 0.5) is 0 Å². The van der Waals surface area contributed by atoms with Gasteiger partial charge in [-0.15, -0.1) is 0 Å². The number of nitrogens with one attached hydrogen (secondary N) is 2. The van der Waals surface area contributed by atoms with Crippen molar-refractivity contribution < 1.29 is 34.5 Å². The van der Waals surface area contributed by atoms with Crippen molar-refractivity contribution in [2.75, 3.05) is 13.2 Å². The predicted molar refractivity (Wildman–Crippen MR) is 142 cm³/mol. The number of β-amino-alcohol motifs (C(OH)–C–C–N with tert-alkyl or cyclic N) is 1. The van der Waals surface area contributed by atoms with Crippen LogP contribution in [-0.2, 0) is 19.2 Å². The Morgan fingerprint density at radius 1 is 1.03 bits per heavy atom. The molecule has 1 aliphatic heterocycles. The Morgan fingerprint density at radius 3 is 2.18 bits per heavy atom. The van der Waals surface area contributed by atoms with Crippen LogP contribution >= 0.6 is 11.6 Å². The summed E-state index contributed by atoms with van der Waals surface area (Å²) in [5, 5.41) is 35.0. The number of carbonyl (C=O) groups excluding carboxylic acids is 3. The van der Waals surface area contributed by atoms with Gasteiger partial charge in [0.1, 0.15) is 12.1 Å². The smallest absolute Gasteiger partial charge is 0.303 e. The average Bonchev–Trinajstić information content (AvgIpc) is 3.24. The Labute approximate surface area is 228 Å². The standard InChI is InChI=1S/C27H40ClN3O7/c1-27(2,3)24(30-22(34)8-6-4-5-7-9-23(35)36)26(38)31-15-19(33)14-21(31)25(37)29-20(16-32)17-10-12-18(28)13-11-17/h10-13,19-21,24,32-33H,4-9,14-16H2,1-3H3,(H,29,37)(H,30,34)(H,35,36)/t19-,20+,21+,24?/m1/s1. The molecule has 0 aromatic heterocycles. The summed E-state index contributed by atoms with van der Waals surface area (Å²) < 4.78 is 0. The molecule has 38 heavy (non-hydrogen) atoms. The zero-order chi connectivity index (χ0) is 28.5. The summed E-state index contributed by atoms with van der Waals surface area (Å²) in [5.41, 5.74) is -0.0239. The van der Waals surface area contributed by atoms with E-state index in [-0.39, 0.29) is 38.3 Å². The molecule has 1 saturated heterocycles. The number of aliphatic carboxylic acids is 1. The fourth-order valence-corrected chi connectivity index (χ4v) is 4.59. The minimum atomic E-state index is -0.963. The minimum Gasteiger partial charge on any atom is -0.481 e. The van der Waals surface area contributed by atoms with Crippen molar-refractivity contribution in [3.05, 3.63) is 34.9 Å². The number of likely N-dealkylation sites (tertiary alicyclic amines) is 1. The van der Waals surface area contributed by atoms with Gasteiger partial charge >= 0.3 is 5.97 Å². The number of aliphatic hydroxyl groups is 2. The molecule has 0 saturated carbocycles. The first-order valence-corrected chi connectivity index (χ1v) is 13.4. The van der Waals surface area contributed by atoms with E-state index in [0.29, 0.717) is 36.3 Å². The van der Waals surface area contributed by atoms with Crippen molar-refractivity contribution in [2.24, 2.45) is 5.41 Å². The predicted octanol–water partition coefficient (Wildman–Crippen LogP) is 2.41. The molecule has 1 aromatic rings. The maximum atomic E-state index is 13.6. The normalized spacial score (nSPS) is 19.1. The average molecular weight is 554 g/mol. The van der Waals surface area contributed by atoms with E-state index >= 15 is 0 Å². The van der Waals surface area contributed by atoms with Crippen LogP contribution in [0.3, 0.4) is 0 Å². The zero-order valence-electron chi connectivity index (χ0n) is 22.3. The third-order valence-corrected chi connectivity index (χ3v) is 6.85. The first kappa shape index (κ1) is 31.5. The number of unbranched alkanes of at least 4 members (excludes halogenated alkanes) is 3. The summed E-state index contributed by atoms with van der Waals surface area (Å²) in [4.78, 5) is 51.4. The second-order valence-electron chi connectivity index (χ2n) is 10.9. The minimum absolute atomic E-state index is 0.0392. The van der Waals surface area contributed by atoms with Crippen molar-refractivity contribution in [2.45, 2.75) is 89.9 Å². The van der Waals surface area contributed by atoms with Gasteiger partial charge in [-0.1, -0.05) is 57.3 Å². The summed E-state index contributed by atoms with van der Waals surface area (Å²) in [6.07, 6.45) is 1.95. The lowest BCUT2D eigenvalue weighted by Crippen LogP contribution is -2.58. The number of benzene rings is 1. The third kappa shape index (κ3) is 9.56. The lowest BCUT2D eigenvalue weighted by molar-refractivity contribution is -0.144. The molecule has 0 bridgehead atoms. The number of hydrogen-bond donors (Lipinski definition) is 5. The molecule has 11 heteroatoms. The molecule has 0 radical (unpaired) electrons. The van der Waals surface area contributed by atoms with Gasteiger partial charge in [0.05, 0.1) is 18.8 Å². The number of carboxylic acid groups (broad SMARTS) is 1. The third-order valence-electron chi connectivity index (χ3n) is 6.60. The number of hydrogen-bond acceptors (Lipinski definition) is 6. The van der Waals surface area contributed by atoms with Crippen LogP contribution in [0.2, 0.25) is 5.02 Å². The summed E-state index contributed by atoms with van der Waals surface area (Å²) in [6.45, 7) is 5.02. The summed E-state index contributed by atoms with van der Waals surface area (Å²) in [7, 11) is 0. The first-order chi connectivity index (χ1) is 17.8. The fraction of sp³-hybridized carbons (Fsp3) is 0.630. The molecule has 1 unspecified atom stereocenters. The molecule has 1 aliphatic rings. The number of nitrogens with zero attached hydrogens (tertiary/aromatic N) is 1. The molecule has 0 aliphatic carbocycles. The maximum Gasteiger partial charge on any atom is 0.303 e. The molecule has 2 rings (SSSR count). The highest BCUT2D eigenvalue weighted by Gasteiger charge is 2.44. The van der Waals surface area contributed by atoms with E-state index in [0.717, 1.165) is 0 Å². The molecule has 5 N–H and O–H groups in total. The van der Waals surface area contributed by atoms with Crippen molar-refractivity contribution >= 4 is 35.3 Å². The SMILES string of the molecule is CC(C)(C)C(NC(=O)CCCCCCC(=O)O)C(=O)N1C[C@H](O)C[C@H]1C(=O)N[C@@H](CO)c1ccc(Cl)cc1.